The van der Waals surface area contributed by atoms with Gasteiger partial charge in [-0.15, -0.1) is 0 Å². The molecule has 2 N–H and O–H groups in total. The van der Waals surface area contributed by atoms with E-state index in [1.54, 1.807) is 18.2 Å². The van der Waals surface area contributed by atoms with Gasteiger partial charge in [0.05, 0.1) is 17.2 Å². The van der Waals surface area contributed by atoms with Crippen molar-refractivity contribution >= 4 is 23.2 Å². The third kappa shape index (κ3) is 5.35. The Bertz CT molecular complexity index is 1130. The van der Waals surface area contributed by atoms with Crippen molar-refractivity contribution in [3.8, 4) is 0 Å². The maximum atomic E-state index is 13.4. The highest BCUT2D eigenvalue weighted by Crippen LogP contribution is 2.35. The first kappa shape index (κ1) is 24.3. The van der Waals surface area contributed by atoms with Crippen LogP contribution in [0, 0.1) is 6.92 Å². The predicted molar refractivity (Wildman–Crippen MR) is 116 cm³/mol. The number of alkyl halides is 3. The smallest absolute Gasteiger partial charge is 0.364 e. The first-order valence-electron chi connectivity index (χ1n) is 10.7. The molecular formula is C24H24F3N3O3. The summed E-state index contributed by atoms with van der Waals surface area (Å²) in [7, 11) is 0. The summed E-state index contributed by atoms with van der Waals surface area (Å²) in [5.74, 6) is -2.88. The van der Waals surface area contributed by atoms with E-state index in [1.807, 2.05) is 6.92 Å². The zero-order chi connectivity index (χ0) is 24.3. The molecule has 1 aliphatic carbocycles. The summed E-state index contributed by atoms with van der Waals surface area (Å²) in [6, 6.07) is 1.73. The molecule has 1 atom stereocenters. The maximum Gasteiger partial charge on any atom is 0.416 e. The van der Waals surface area contributed by atoms with E-state index in [4.69, 9.17) is 5.73 Å². The van der Waals surface area contributed by atoms with Gasteiger partial charge in [0, 0.05) is 29.7 Å². The monoisotopic (exact) mass is 459 g/mol. The van der Waals surface area contributed by atoms with Gasteiger partial charge in [-0.05, 0) is 25.5 Å². The van der Waals surface area contributed by atoms with Crippen LogP contribution in [0.4, 0.5) is 13.2 Å². The number of amides is 1. The second-order valence-electron chi connectivity index (χ2n) is 8.05. The van der Waals surface area contributed by atoms with E-state index in [1.165, 1.54) is 6.92 Å². The second kappa shape index (κ2) is 9.64. The molecule has 2 heterocycles. The number of nitrogens with zero attached hydrogens (tertiary/aromatic N) is 2. The molecule has 6 nitrogen and oxygen atoms in total. The Morgan fingerprint density at radius 1 is 1.15 bits per heavy atom. The number of pyridine rings is 1. The van der Waals surface area contributed by atoms with Crippen molar-refractivity contribution in [3.63, 3.8) is 0 Å². The quantitative estimate of drug-likeness (QED) is 0.527. The van der Waals surface area contributed by atoms with Crippen molar-refractivity contribution in [1.82, 2.24) is 4.98 Å². The summed E-state index contributed by atoms with van der Waals surface area (Å²) in [4.78, 5) is 46.1. The minimum Gasteiger partial charge on any atom is -0.364 e. The van der Waals surface area contributed by atoms with Crippen LogP contribution in [0.1, 0.15) is 61.9 Å². The molecule has 0 saturated carbocycles. The number of fused-ring (bicyclic) bond motifs is 1. The number of nitrogens with two attached hydrogens (primary N) is 1. The Hall–Kier alpha value is -3.36. The Balaban J connectivity index is 1.97. The number of carbonyl (C=O) groups excluding carboxylic acids is 3. The molecule has 0 fully saturated rings. The zero-order valence-electron chi connectivity index (χ0n) is 18.3. The lowest BCUT2D eigenvalue weighted by atomic mass is 9.88. The first-order chi connectivity index (χ1) is 15.5. The molecule has 33 heavy (non-hydrogen) atoms. The molecule has 0 aromatic carbocycles. The van der Waals surface area contributed by atoms with Crippen molar-refractivity contribution < 1.29 is 27.6 Å². The highest BCUT2D eigenvalue weighted by Gasteiger charge is 2.36. The number of hydrogen-bond acceptors (Lipinski definition) is 5. The summed E-state index contributed by atoms with van der Waals surface area (Å²) in [6.07, 6.45) is 2.14. The fourth-order valence-electron chi connectivity index (χ4n) is 3.89. The van der Waals surface area contributed by atoms with E-state index in [-0.39, 0.29) is 35.0 Å². The molecule has 3 rings (SSSR count). The fraction of sp³-hybridized carbons (Fsp3) is 0.375. The standard InChI is InChI=1S/C24H24F3N3O3/c1-3-4-5-9-19(31)17(18-11-14(24(25,26)27)10-13(2)29-18)12-20(32)21-15-7-6-8-16(15)22(30-21)23(28)33/h6-8,10-11,17H,3-5,9,12H2,1-2H3,(H2,28,33). The number of ketones is 2. The zero-order valence-corrected chi connectivity index (χ0v) is 18.3. The van der Waals surface area contributed by atoms with Crippen molar-refractivity contribution in [2.75, 3.05) is 0 Å². The third-order valence-corrected chi connectivity index (χ3v) is 5.51. The number of aryl methyl sites for hydroxylation is 1. The molecule has 0 saturated heterocycles. The average Bonchev–Trinajstić information content (AvgIpc) is 3.33. The minimum atomic E-state index is -4.62. The lowest BCUT2D eigenvalue weighted by Gasteiger charge is -2.18. The molecule has 1 aromatic heterocycles. The van der Waals surface area contributed by atoms with E-state index >= 15 is 0 Å². The number of unbranched alkanes of at least 4 members (excludes halogenated alkanes) is 2. The van der Waals surface area contributed by atoms with Crippen LogP contribution < -0.4 is 5.73 Å². The van der Waals surface area contributed by atoms with Crippen LogP contribution >= 0.6 is 0 Å². The fourth-order valence-corrected chi connectivity index (χ4v) is 3.89. The van der Waals surface area contributed by atoms with Gasteiger partial charge in [0.2, 0.25) is 0 Å². The molecule has 9 heteroatoms. The van der Waals surface area contributed by atoms with Crippen LogP contribution in [0.5, 0.6) is 0 Å². The number of Topliss-reactive ketones (excluding diaryl/α,β-unsaturated/α-hetero) is 2. The van der Waals surface area contributed by atoms with E-state index in [0.29, 0.717) is 17.6 Å². The molecule has 1 aromatic rings. The number of aliphatic imine (C=N–C) groups is 1. The van der Waals surface area contributed by atoms with E-state index in [0.717, 1.165) is 25.0 Å². The van der Waals surface area contributed by atoms with Gasteiger partial charge >= 0.3 is 6.18 Å². The van der Waals surface area contributed by atoms with Gasteiger partial charge in [-0.25, -0.2) is 4.99 Å². The number of allylic oxidation sites excluding steroid dienone is 5. The Kier molecular flexibility index (Phi) is 7.09. The van der Waals surface area contributed by atoms with E-state index in [2.05, 4.69) is 9.98 Å². The number of halogens is 3. The molecule has 0 bridgehead atoms. The molecule has 174 valence electrons. The Morgan fingerprint density at radius 3 is 2.52 bits per heavy atom. The van der Waals surface area contributed by atoms with Crippen LogP contribution in [0.25, 0.3) is 0 Å². The van der Waals surface area contributed by atoms with E-state index in [9.17, 15) is 27.6 Å². The average molecular weight is 459 g/mol. The molecule has 1 aliphatic heterocycles. The van der Waals surface area contributed by atoms with Crippen LogP contribution in [-0.4, -0.2) is 28.2 Å². The van der Waals surface area contributed by atoms with Crippen molar-refractivity contribution in [3.05, 3.63) is 64.2 Å². The van der Waals surface area contributed by atoms with Gasteiger partial charge in [0.1, 0.15) is 17.2 Å². The summed E-state index contributed by atoms with van der Waals surface area (Å²) in [6.45, 7) is 3.37. The number of carbonyl (C=O) groups is 3. The summed E-state index contributed by atoms with van der Waals surface area (Å²) in [5, 5.41) is 0. The van der Waals surface area contributed by atoms with Crippen LogP contribution in [-0.2, 0) is 20.6 Å². The molecule has 2 aliphatic rings. The molecule has 1 unspecified atom stereocenters. The molecule has 0 spiro atoms. The predicted octanol–water partition coefficient (Wildman–Crippen LogP) is 4.29. The SMILES string of the molecule is CCCCCC(=O)C(CC(=O)C1=C2C=CC=C2C(C(N)=O)=N1)c1cc(C(F)(F)F)cc(C)n1. The number of aromatic nitrogens is 1. The number of primary amides is 1. The van der Waals surface area contributed by atoms with Crippen molar-refractivity contribution in [2.45, 2.75) is 58.0 Å². The molecule has 1 amide bonds. The highest BCUT2D eigenvalue weighted by molar-refractivity contribution is 6.48. The topological polar surface area (TPSA) is 102 Å². The van der Waals surface area contributed by atoms with Crippen LogP contribution in [0.3, 0.4) is 0 Å². The largest absolute Gasteiger partial charge is 0.416 e. The van der Waals surface area contributed by atoms with Gasteiger partial charge in [-0.1, -0.05) is 38.0 Å². The van der Waals surface area contributed by atoms with Gasteiger partial charge in [0.25, 0.3) is 5.91 Å². The third-order valence-electron chi connectivity index (χ3n) is 5.51. The summed E-state index contributed by atoms with van der Waals surface area (Å²) in [5.41, 5.74) is 5.17. The maximum absolute atomic E-state index is 13.4. The summed E-state index contributed by atoms with van der Waals surface area (Å²) < 4.78 is 40.1. The van der Waals surface area contributed by atoms with Crippen LogP contribution in [0.15, 0.2) is 52.2 Å². The van der Waals surface area contributed by atoms with Gasteiger partial charge in [-0.2, -0.15) is 13.2 Å². The van der Waals surface area contributed by atoms with Crippen LogP contribution in [0.2, 0.25) is 0 Å². The number of rotatable bonds is 10. The van der Waals surface area contributed by atoms with Gasteiger partial charge in [-0.3, -0.25) is 19.4 Å². The lowest BCUT2D eigenvalue weighted by molar-refractivity contribution is -0.138. The van der Waals surface area contributed by atoms with Gasteiger partial charge < -0.3 is 5.73 Å². The summed E-state index contributed by atoms with van der Waals surface area (Å²) >= 11 is 0. The first-order valence-corrected chi connectivity index (χ1v) is 10.7. The van der Waals surface area contributed by atoms with Crippen molar-refractivity contribution in [1.29, 1.82) is 0 Å². The highest BCUT2D eigenvalue weighted by atomic mass is 19.4. The Labute approximate surface area is 189 Å². The second-order valence-corrected chi connectivity index (χ2v) is 8.05. The lowest BCUT2D eigenvalue weighted by Crippen LogP contribution is -2.23. The minimum absolute atomic E-state index is 0.0288. The van der Waals surface area contributed by atoms with E-state index < -0.39 is 35.8 Å². The Morgan fingerprint density at radius 2 is 1.88 bits per heavy atom. The van der Waals surface area contributed by atoms with Gasteiger partial charge in [0.15, 0.2) is 5.78 Å². The molecular weight excluding hydrogens is 435 g/mol. The molecule has 0 radical (unpaired) electrons. The normalized spacial score (nSPS) is 15.9. The number of hydrogen-bond donors (Lipinski definition) is 1. The van der Waals surface area contributed by atoms with Crippen molar-refractivity contribution in [2.24, 2.45) is 10.7 Å².